The highest BCUT2D eigenvalue weighted by Gasteiger charge is 2.27. The van der Waals surface area contributed by atoms with Crippen LogP contribution in [0.3, 0.4) is 0 Å². The molecular formula is C18H16FN5OS2. The lowest BCUT2D eigenvalue weighted by atomic mass is 10.2. The number of hydrogen-bond acceptors (Lipinski definition) is 6. The summed E-state index contributed by atoms with van der Waals surface area (Å²) in [6.07, 6.45) is 4.40. The first-order chi connectivity index (χ1) is 13.2. The van der Waals surface area contributed by atoms with Gasteiger partial charge in [0.2, 0.25) is 5.13 Å². The molecule has 9 heteroatoms. The summed E-state index contributed by atoms with van der Waals surface area (Å²) in [6, 6.07) is 6.11. The third-order valence-electron chi connectivity index (χ3n) is 4.17. The molecule has 0 spiro atoms. The van der Waals surface area contributed by atoms with E-state index < -0.39 is 0 Å². The maximum absolute atomic E-state index is 13.2. The molecule has 1 N–H and O–H groups in total. The van der Waals surface area contributed by atoms with E-state index in [4.69, 9.17) is 0 Å². The normalized spacial score (nSPS) is 12.8. The van der Waals surface area contributed by atoms with Gasteiger partial charge in [-0.05, 0) is 43.5 Å². The van der Waals surface area contributed by atoms with Gasteiger partial charge in [0.1, 0.15) is 5.82 Å². The predicted molar refractivity (Wildman–Crippen MR) is 104 cm³/mol. The maximum Gasteiger partial charge on any atom is 0.278 e. The summed E-state index contributed by atoms with van der Waals surface area (Å²) in [4.78, 5) is 12.8. The van der Waals surface area contributed by atoms with E-state index in [2.05, 4.69) is 27.2 Å². The Hall–Kier alpha value is -2.52. The largest absolute Gasteiger partial charge is 0.295 e. The number of hydrogen-bond donors (Lipinski definition) is 1. The van der Waals surface area contributed by atoms with Crippen molar-refractivity contribution < 1.29 is 9.18 Å². The second-order valence-corrected chi connectivity index (χ2v) is 8.19. The Morgan fingerprint density at radius 1 is 1.33 bits per heavy atom. The Bertz CT molecular complexity index is 996. The topological polar surface area (TPSA) is 72.7 Å². The first kappa shape index (κ1) is 17.9. The van der Waals surface area contributed by atoms with Crippen LogP contribution in [0.5, 0.6) is 0 Å². The first-order valence-corrected chi connectivity index (χ1v) is 10.2. The van der Waals surface area contributed by atoms with Gasteiger partial charge in [-0.2, -0.15) is 5.10 Å². The Balaban J connectivity index is 1.59. The molecule has 0 aliphatic heterocycles. The number of anilines is 1. The third-order valence-corrected chi connectivity index (χ3v) is 6.14. The van der Waals surface area contributed by atoms with Crippen LogP contribution >= 0.6 is 23.1 Å². The molecular weight excluding hydrogens is 385 g/mol. The van der Waals surface area contributed by atoms with Crippen molar-refractivity contribution in [1.82, 2.24) is 20.0 Å². The van der Waals surface area contributed by atoms with Crippen molar-refractivity contribution in [3.05, 3.63) is 59.7 Å². The highest BCUT2D eigenvalue weighted by atomic mass is 32.2. The Kier molecular flexibility index (Phi) is 5.04. The molecule has 0 fully saturated rings. The van der Waals surface area contributed by atoms with Gasteiger partial charge in [0.05, 0.1) is 5.69 Å². The molecule has 138 valence electrons. The van der Waals surface area contributed by atoms with Crippen molar-refractivity contribution >= 4 is 34.1 Å². The van der Waals surface area contributed by atoms with Crippen LogP contribution < -0.4 is 5.32 Å². The monoisotopic (exact) mass is 401 g/mol. The summed E-state index contributed by atoms with van der Waals surface area (Å²) in [5.74, 6) is 0.130. The fourth-order valence-electron chi connectivity index (χ4n) is 3.02. The summed E-state index contributed by atoms with van der Waals surface area (Å²) in [6.45, 7) is 3.67. The molecule has 2 aromatic heterocycles. The van der Waals surface area contributed by atoms with E-state index in [1.165, 1.54) is 35.2 Å². The fourth-order valence-corrected chi connectivity index (χ4v) is 4.53. The molecule has 4 rings (SSSR count). The van der Waals surface area contributed by atoms with Gasteiger partial charge in [-0.15, -0.1) is 16.8 Å². The van der Waals surface area contributed by atoms with E-state index in [-0.39, 0.29) is 11.7 Å². The van der Waals surface area contributed by atoms with Gasteiger partial charge in [-0.25, -0.2) is 9.07 Å². The Morgan fingerprint density at radius 3 is 2.93 bits per heavy atom. The summed E-state index contributed by atoms with van der Waals surface area (Å²) in [5, 5.41) is 15.8. The van der Waals surface area contributed by atoms with Gasteiger partial charge < -0.3 is 0 Å². The zero-order chi connectivity index (χ0) is 18.8. The fraction of sp³-hybridized carbons (Fsp3) is 0.222. The van der Waals surface area contributed by atoms with Crippen LogP contribution in [0.1, 0.15) is 28.2 Å². The lowest BCUT2D eigenvalue weighted by molar-refractivity contribution is 0.102. The number of halogens is 1. The average Bonchev–Trinajstić information content (AvgIpc) is 3.37. The molecule has 0 saturated carbocycles. The van der Waals surface area contributed by atoms with E-state index in [1.54, 1.807) is 22.9 Å². The number of amides is 1. The van der Waals surface area contributed by atoms with Crippen molar-refractivity contribution in [3.63, 3.8) is 0 Å². The second-order valence-electron chi connectivity index (χ2n) is 5.94. The molecule has 27 heavy (non-hydrogen) atoms. The molecule has 0 bridgehead atoms. The molecule has 1 aliphatic rings. The minimum absolute atomic E-state index is 0.301. The van der Waals surface area contributed by atoms with E-state index in [0.717, 1.165) is 46.3 Å². The van der Waals surface area contributed by atoms with Crippen molar-refractivity contribution in [2.24, 2.45) is 0 Å². The van der Waals surface area contributed by atoms with Gasteiger partial charge in [0.25, 0.3) is 5.91 Å². The molecule has 1 aliphatic carbocycles. The molecule has 6 nitrogen and oxygen atoms in total. The Labute approximate surface area is 163 Å². The number of benzene rings is 1. The van der Waals surface area contributed by atoms with Crippen LogP contribution in [0, 0.1) is 5.82 Å². The van der Waals surface area contributed by atoms with Crippen molar-refractivity contribution in [3.8, 4) is 5.69 Å². The van der Waals surface area contributed by atoms with Crippen LogP contribution in [0.2, 0.25) is 0 Å². The highest BCUT2D eigenvalue weighted by Crippen LogP contribution is 2.30. The number of carbonyl (C=O) groups is 1. The smallest absolute Gasteiger partial charge is 0.278 e. The molecule has 3 aromatic rings. The summed E-state index contributed by atoms with van der Waals surface area (Å²) in [7, 11) is 0. The minimum atomic E-state index is -0.304. The van der Waals surface area contributed by atoms with Crippen LogP contribution in [0.25, 0.3) is 5.69 Å². The van der Waals surface area contributed by atoms with Crippen LogP contribution in [-0.4, -0.2) is 31.6 Å². The number of aromatic nitrogens is 4. The van der Waals surface area contributed by atoms with Gasteiger partial charge >= 0.3 is 0 Å². The third kappa shape index (κ3) is 3.65. The average molecular weight is 401 g/mol. The number of rotatable bonds is 6. The molecule has 1 aromatic carbocycles. The van der Waals surface area contributed by atoms with E-state index in [9.17, 15) is 9.18 Å². The van der Waals surface area contributed by atoms with Crippen LogP contribution in [-0.2, 0) is 12.8 Å². The van der Waals surface area contributed by atoms with Crippen molar-refractivity contribution in [1.29, 1.82) is 0 Å². The minimum Gasteiger partial charge on any atom is -0.295 e. The molecule has 0 radical (unpaired) electrons. The van der Waals surface area contributed by atoms with Crippen LogP contribution in [0.4, 0.5) is 9.52 Å². The van der Waals surface area contributed by atoms with Crippen molar-refractivity contribution in [2.75, 3.05) is 11.1 Å². The van der Waals surface area contributed by atoms with Gasteiger partial charge in [0, 0.05) is 17.0 Å². The van der Waals surface area contributed by atoms with E-state index in [0.29, 0.717) is 10.8 Å². The Morgan fingerprint density at radius 2 is 2.15 bits per heavy atom. The van der Waals surface area contributed by atoms with Crippen LogP contribution in [0.15, 0.2) is 41.3 Å². The second kappa shape index (κ2) is 7.61. The molecule has 0 atom stereocenters. The maximum atomic E-state index is 13.2. The van der Waals surface area contributed by atoms with E-state index in [1.807, 2.05) is 0 Å². The van der Waals surface area contributed by atoms with Gasteiger partial charge in [-0.1, -0.05) is 29.2 Å². The number of thioether (sulfide) groups is 1. The standard InChI is InChI=1S/C18H16FN5OS2/c1-2-10-26-18-22-21-17(27-18)20-16(25)15-13-4-3-5-14(13)24(23-15)12-8-6-11(19)7-9-12/h2,6-9H,1,3-5,10H2,(H,20,21,25). The summed E-state index contributed by atoms with van der Waals surface area (Å²) < 4.78 is 15.7. The predicted octanol–water partition coefficient (Wildman–Crippen LogP) is 3.88. The van der Waals surface area contributed by atoms with Crippen molar-refractivity contribution in [2.45, 2.75) is 23.6 Å². The molecule has 1 amide bonds. The number of nitrogens with one attached hydrogen (secondary N) is 1. The molecule has 2 heterocycles. The molecule has 0 unspecified atom stereocenters. The zero-order valence-corrected chi connectivity index (χ0v) is 15.9. The van der Waals surface area contributed by atoms with E-state index >= 15 is 0 Å². The lowest BCUT2D eigenvalue weighted by Gasteiger charge is -2.05. The number of carbonyl (C=O) groups excluding carboxylic acids is 1. The quantitative estimate of drug-likeness (QED) is 0.385. The highest BCUT2D eigenvalue weighted by molar-refractivity contribution is 8.01. The number of nitrogens with zero attached hydrogens (tertiary/aromatic N) is 4. The summed E-state index contributed by atoms with van der Waals surface area (Å²) >= 11 is 2.83. The summed E-state index contributed by atoms with van der Waals surface area (Å²) in [5.41, 5.74) is 3.09. The van der Waals surface area contributed by atoms with Gasteiger partial charge in [0.15, 0.2) is 10.0 Å². The van der Waals surface area contributed by atoms with Gasteiger partial charge in [-0.3, -0.25) is 10.1 Å². The molecule has 0 saturated heterocycles. The number of fused-ring (bicyclic) bond motifs is 1. The first-order valence-electron chi connectivity index (χ1n) is 8.41. The zero-order valence-electron chi connectivity index (χ0n) is 14.3. The SMILES string of the molecule is C=CCSc1nnc(NC(=O)c2nn(-c3ccc(F)cc3)c3c2CCC3)s1. The lowest BCUT2D eigenvalue weighted by Crippen LogP contribution is -2.14.